The second-order valence-electron chi connectivity index (χ2n) is 8.72. The van der Waals surface area contributed by atoms with E-state index < -0.39 is 5.25 Å². The molecule has 0 aliphatic rings. The number of carbonyl (C=O) groups is 1. The van der Waals surface area contributed by atoms with Crippen LogP contribution in [-0.4, -0.2) is 30.1 Å². The van der Waals surface area contributed by atoms with Crippen molar-refractivity contribution in [2.45, 2.75) is 24.3 Å². The number of para-hydroxylation sites is 2. The van der Waals surface area contributed by atoms with Gasteiger partial charge in [-0.25, -0.2) is 9.67 Å². The van der Waals surface area contributed by atoms with Crippen LogP contribution in [0.5, 0.6) is 0 Å². The van der Waals surface area contributed by atoms with Crippen molar-refractivity contribution < 1.29 is 4.79 Å². The molecular weight excluding hydrogens is 522 g/mol. The number of nitrogens with zero attached hydrogens (tertiary/aromatic N) is 4. The van der Waals surface area contributed by atoms with Crippen molar-refractivity contribution in [1.82, 2.24) is 18.9 Å². The van der Waals surface area contributed by atoms with E-state index in [4.69, 9.17) is 16.6 Å². The lowest BCUT2D eigenvalue weighted by Gasteiger charge is -2.16. The average Bonchev–Trinajstić information content (AvgIpc) is 3.12. The lowest BCUT2D eigenvalue weighted by atomic mass is 10.2. The number of nitrogens with one attached hydrogen (secondary N) is 1. The summed E-state index contributed by atoms with van der Waals surface area (Å²) in [5.74, 6) is -0.388. The zero-order chi connectivity index (χ0) is 27.0. The summed E-state index contributed by atoms with van der Waals surface area (Å²) in [5.41, 5.74) is 1.98. The molecule has 1 N–H and O–H groups in total. The molecule has 38 heavy (non-hydrogen) atoms. The van der Waals surface area contributed by atoms with Gasteiger partial charge in [0.1, 0.15) is 5.69 Å². The summed E-state index contributed by atoms with van der Waals surface area (Å²) in [6.45, 7) is 3.48. The number of fused-ring (bicyclic) bond motifs is 1. The first-order chi connectivity index (χ1) is 18.3. The van der Waals surface area contributed by atoms with Crippen LogP contribution in [0.25, 0.3) is 22.3 Å². The number of rotatable bonds is 6. The van der Waals surface area contributed by atoms with Crippen molar-refractivity contribution in [2.75, 3.05) is 5.32 Å². The summed E-state index contributed by atoms with van der Waals surface area (Å²) in [5, 5.41) is 3.38. The van der Waals surface area contributed by atoms with Crippen LogP contribution in [0.4, 0.5) is 5.69 Å². The zero-order valence-corrected chi connectivity index (χ0v) is 22.5. The van der Waals surface area contributed by atoms with Gasteiger partial charge in [0.2, 0.25) is 5.91 Å². The van der Waals surface area contributed by atoms with Crippen LogP contribution in [-0.2, 0) is 11.8 Å². The third-order valence-corrected chi connectivity index (χ3v) is 7.55. The molecule has 8 nitrogen and oxygen atoms in total. The van der Waals surface area contributed by atoms with Crippen molar-refractivity contribution in [3.8, 4) is 11.4 Å². The molecule has 10 heteroatoms. The van der Waals surface area contributed by atoms with E-state index in [1.165, 1.54) is 9.25 Å². The molecule has 0 aliphatic carbocycles. The Morgan fingerprint density at radius 3 is 2.37 bits per heavy atom. The molecule has 5 rings (SSSR count). The number of carbonyl (C=O) groups excluding carboxylic acids is 1. The van der Waals surface area contributed by atoms with E-state index in [2.05, 4.69) is 5.32 Å². The van der Waals surface area contributed by atoms with Crippen LogP contribution >= 0.6 is 23.4 Å². The van der Waals surface area contributed by atoms with E-state index in [1.54, 1.807) is 74.1 Å². The Bertz CT molecular complexity index is 1790. The van der Waals surface area contributed by atoms with Gasteiger partial charge in [0.15, 0.2) is 5.16 Å². The highest BCUT2D eigenvalue weighted by molar-refractivity contribution is 8.00. The van der Waals surface area contributed by atoms with E-state index in [0.29, 0.717) is 38.2 Å². The van der Waals surface area contributed by atoms with Crippen molar-refractivity contribution in [3.63, 3.8) is 0 Å². The van der Waals surface area contributed by atoms with Gasteiger partial charge in [-0.1, -0.05) is 59.8 Å². The largest absolute Gasteiger partial charge is 0.319 e. The number of hydrogen-bond acceptors (Lipinski definition) is 5. The highest BCUT2D eigenvalue weighted by Crippen LogP contribution is 2.27. The van der Waals surface area contributed by atoms with E-state index in [-0.39, 0.29) is 22.7 Å². The topological polar surface area (TPSA) is 90.9 Å². The molecule has 192 valence electrons. The summed E-state index contributed by atoms with van der Waals surface area (Å²) in [4.78, 5) is 44.7. The second kappa shape index (κ2) is 10.4. The van der Waals surface area contributed by atoms with Crippen LogP contribution in [0.1, 0.15) is 12.6 Å². The summed E-state index contributed by atoms with van der Waals surface area (Å²) >= 11 is 7.34. The van der Waals surface area contributed by atoms with Gasteiger partial charge < -0.3 is 5.32 Å². The van der Waals surface area contributed by atoms with Crippen molar-refractivity contribution in [3.05, 3.63) is 110 Å². The SMILES string of the molecule is Cc1c(NC(=O)C(C)Sc2nc3ccccc3c(=O)n2-c2cccc(Cl)c2)c(=O)n(-c2ccccc2)n1C. The highest BCUT2D eigenvalue weighted by atomic mass is 35.5. The molecule has 0 bridgehead atoms. The fraction of sp³-hybridized carbons (Fsp3) is 0.143. The normalized spacial score (nSPS) is 12.0. The summed E-state index contributed by atoms with van der Waals surface area (Å²) in [6, 6.07) is 23.2. The maximum absolute atomic E-state index is 13.5. The summed E-state index contributed by atoms with van der Waals surface area (Å²) in [6.07, 6.45) is 0. The number of amides is 1. The molecule has 0 aliphatic heterocycles. The molecule has 5 aromatic rings. The van der Waals surface area contributed by atoms with Gasteiger partial charge >= 0.3 is 0 Å². The Morgan fingerprint density at radius 2 is 1.63 bits per heavy atom. The number of benzene rings is 3. The predicted octanol–water partition coefficient (Wildman–Crippen LogP) is 4.96. The highest BCUT2D eigenvalue weighted by Gasteiger charge is 2.24. The molecule has 1 amide bonds. The van der Waals surface area contributed by atoms with Gasteiger partial charge in [0.05, 0.1) is 33.2 Å². The third kappa shape index (κ3) is 4.66. The third-order valence-electron chi connectivity index (χ3n) is 6.27. The van der Waals surface area contributed by atoms with Crippen molar-refractivity contribution >= 4 is 45.9 Å². The molecule has 3 aromatic carbocycles. The monoisotopic (exact) mass is 545 g/mol. The van der Waals surface area contributed by atoms with E-state index >= 15 is 0 Å². The minimum atomic E-state index is -0.683. The quantitative estimate of drug-likeness (QED) is 0.241. The number of aromatic nitrogens is 4. The molecule has 0 radical (unpaired) electrons. The molecular formula is C28H24ClN5O3S. The Kier molecular flexibility index (Phi) is 6.96. The smallest absolute Gasteiger partial charge is 0.295 e. The van der Waals surface area contributed by atoms with Gasteiger partial charge in [0.25, 0.3) is 11.1 Å². The number of halogens is 1. The molecule has 1 atom stereocenters. The van der Waals surface area contributed by atoms with Gasteiger partial charge in [-0.3, -0.25) is 23.6 Å². The number of hydrogen-bond donors (Lipinski definition) is 1. The van der Waals surface area contributed by atoms with Crippen LogP contribution in [0, 0.1) is 6.92 Å². The second-order valence-corrected chi connectivity index (χ2v) is 10.5. The van der Waals surface area contributed by atoms with E-state index in [0.717, 1.165) is 11.8 Å². The zero-order valence-electron chi connectivity index (χ0n) is 20.9. The average molecular weight is 546 g/mol. The van der Waals surface area contributed by atoms with Crippen LogP contribution in [0.3, 0.4) is 0 Å². The molecule has 2 heterocycles. The van der Waals surface area contributed by atoms with Crippen LogP contribution < -0.4 is 16.4 Å². The number of thioether (sulfide) groups is 1. The molecule has 0 saturated heterocycles. The number of anilines is 1. The fourth-order valence-corrected chi connectivity index (χ4v) is 5.29. The maximum Gasteiger partial charge on any atom is 0.295 e. The lowest BCUT2D eigenvalue weighted by Crippen LogP contribution is -2.28. The van der Waals surface area contributed by atoms with Crippen LogP contribution in [0.15, 0.2) is 93.6 Å². The Hall–Kier alpha value is -4.08. The first-order valence-corrected chi connectivity index (χ1v) is 13.1. The minimum absolute atomic E-state index is 0.201. The van der Waals surface area contributed by atoms with Crippen molar-refractivity contribution in [1.29, 1.82) is 0 Å². The van der Waals surface area contributed by atoms with Gasteiger partial charge in [-0.05, 0) is 56.3 Å². The van der Waals surface area contributed by atoms with Gasteiger partial charge in [-0.15, -0.1) is 0 Å². The van der Waals surface area contributed by atoms with Crippen LogP contribution in [0.2, 0.25) is 5.02 Å². The van der Waals surface area contributed by atoms with Gasteiger partial charge in [-0.2, -0.15) is 0 Å². The molecule has 1 unspecified atom stereocenters. The lowest BCUT2D eigenvalue weighted by molar-refractivity contribution is -0.115. The minimum Gasteiger partial charge on any atom is -0.319 e. The Morgan fingerprint density at radius 1 is 0.947 bits per heavy atom. The van der Waals surface area contributed by atoms with Crippen molar-refractivity contribution in [2.24, 2.45) is 7.05 Å². The predicted molar refractivity (Wildman–Crippen MR) is 152 cm³/mol. The molecule has 0 spiro atoms. The molecule has 2 aromatic heterocycles. The molecule has 0 fully saturated rings. The Balaban J connectivity index is 1.50. The van der Waals surface area contributed by atoms with E-state index in [9.17, 15) is 14.4 Å². The first kappa shape index (κ1) is 25.6. The maximum atomic E-state index is 13.5. The summed E-state index contributed by atoms with van der Waals surface area (Å²) < 4.78 is 4.66. The molecule has 0 saturated carbocycles. The van der Waals surface area contributed by atoms with E-state index in [1.807, 2.05) is 30.3 Å². The summed E-state index contributed by atoms with van der Waals surface area (Å²) in [7, 11) is 1.76. The first-order valence-electron chi connectivity index (χ1n) is 11.9. The fourth-order valence-electron chi connectivity index (χ4n) is 4.18. The Labute approximate surface area is 227 Å². The standard InChI is InChI=1S/C28H24ClN5O3S/c1-17-24(27(37)34(32(17)3)20-11-5-4-6-12-20)31-25(35)18(2)38-28-30-23-15-8-7-14-22(23)26(36)33(28)21-13-9-10-19(29)16-21/h4-16,18H,1-3H3,(H,31,35). The van der Waals surface area contributed by atoms with Gasteiger partial charge in [0, 0.05) is 12.1 Å².